The third kappa shape index (κ3) is 16.2. The van der Waals surface area contributed by atoms with Crippen LogP contribution in [0.15, 0.2) is 0 Å². The Bertz CT molecular complexity index is 192. The fourth-order valence-corrected chi connectivity index (χ4v) is 2.94. The summed E-state index contributed by atoms with van der Waals surface area (Å²) >= 11 is 0. The number of rotatable bonds is 15. The van der Waals surface area contributed by atoms with Gasteiger partial charge in [-0.3, -0.25) is 0 Å². The minimum absolute atomic E-state index is 0.866. The molecule has 0 aromatic rings. The molecule has 0 amide bonds. The average molecular weight is 297 g/mol. The fourth-order valence-electron chi connectivity index (χ4n) is 2.94. The molecule has 0 bridgehead atoms. The first kappa shape index (κ1) is 21.0. The normalized spacial score (nSPS) is 13.3. The molecule has 0 aliphatic rings. The molecule has 0 nitrogen and oxygen atoms in total. The maximum atomic E-state index is 2.41. The van der Waals surface area contributed by atoms with E-state index in [-0.39, 0.29) is 0 Å². The molecule has 0 saturated carbocycles. The van der Waals surface area contributed by atoms with Crippen LogP contribution < -0.4 is 0 Å². The zero-order valence-electron chi connectivity index (χ0n) is 15.9. The Hall–Kier alpha value is 0. The second-order valence-corrected chi connectivity index (χ2v) is 8.08. The average Bonchev–Trinajstić information content (AvgIpc) is 2.43. The summed E-state index contributed by atoms with van der Waals surface area (Å²) in [6, 6.07) is 0. The Morgan fingerprint density at radius 2 is 0.762 bits per heavy atom. The first-order valence-corrected chi connectivity index (χ1v) is 10.0. The van der Waals surface area contributed by atoms with Gasteiger partial charge in [0.05, 0.1) is 0 Å². The summed E-state index contributed by atoms with van der Waals surface area (Å²) in [6.07, 6.45) is 19.0. The van der Waals surface area contributed by atoms with Crippen LogP contribution in [0.3, 0.4) is 0 Å². The topological polar surface area (TPSA) is 0 Å². The predicted molar refractivity (Wildman–Crippen MR) is 98.9 cm³/mol. The van der Waals surface area contributed by atoms with Crippen molar-refractivity contribution >= 4 is 0 Å². The van der Waals surface area contributed by atoms with Gasteiger partial charge in [0, 0.05) is 0 Å². The van der Waals surface area contributed by atoms with Crippen molar-refractivity contribution < 1.29 is 0 Å². The largest absolute Gasteiger partial charge is 0.0628 e. The second-order valence-electron chi connectivity index (χ2n) is 8.08. The van der Waals surface area contributed by atoms with Crippen LogP contribution in [-0.2, 0) is 0 Å². The highest BCUT2D eigenvalue weighted by atomic mass is 14.1. The molecule has 0 saturated heterocycles. The molecule has 0 heterocycles. The van der Waals surface area contributed by atoms with Crippen LogP contribution in [0.25, 0.3) is 0 Å². The van der Waals surface area contributed by atoms with Gasteiger partial charge < -0.3 is 0 Å². The Morgan fingerprint density at radius 1 is 0.429 bits per heavy atom. The van der Waals surface area contributed by atoms with Crippen LogP contribution in [0.4, 0.5) is 0 Å². The molecule has 21 heavy (non-hydrogen) atoms. The van der Waals surface area contributed by atoms with Gasteiger partial charge in [-0.2, -0.15) is 0 Å². The van der Waals surface area contributed by atoms with Gasteiger partial charge in [-0.05, 0) is 17.8 Å². The fraction of sp³-hybridized carbons (Fsp3) is 1.00. The summed E-state index contributed by atoms with van der Waals surface area (Å²) in [6.45, 7) is 11.8. The van der Waals surface area contributed by atoms with Crippen molar-refractivity contribution in [2.24, 2.45) is 17.8 Å². The molecule has 0 aromatic heterocycles. The van der Waals surface area contributed by atoms with Gasteiger partial charge in [0.15, 0.2) is 0 Å². The Balaban J connectivity index is 3.06. The molecule has 0 aliphatic carbocycles. The van der Waals surface area contributed by atoms with Gasteiger partial charge in [0.25, 0.3) is 0 Å². The molecule has 1 unspecified atom stereocenters. The Kier molecular flexibility index (Phi) is 14.9. The summed E-state index contributed by atoms with van der Waals surface area (Å²) in [4.78, 5) is 0. The van der Waals surface area contributed by atoms with E-state index in [4.69, 9.17) is 0 Å². The summed E-state index contributed by atoms with van der Waals surface area (Å²) in [5, 5.41) is 0. The standard InChI is InChI=1S/C21H44/c1-19(2)17-15-13-11-9-7-6-8-10-12-14-16-18-21(5)20(3)4/h19-21H,6-18H2,1-5H3. The molecular weight excluding hydrogens is 252 g/mol. The highest BCUT2D eigenvalue weighted by Crippen LogP contribution is 2.19. The van der Waals surface area contributed by atoms with Crippen molar-refractivity contribution in [2.45, 2.75) is 118 Å². The molecule has 0 fully saturated rings. The SMILES string of the molecule is CC(C)CCCCCCCCCCCCCC(C)C(C)C. The summed E-state index contributed by atoms with van der Waals surface area (Å²) in [7, 11) is 0. The third-order valence-corrected chi connectivity index (χ3v) is 5.08. The van der Waals surface area contributed by atoms with Crippen molar-refractivity contribution in [2.75, 3.05) is 0 Å². The molecule has 1 atom stereocenters. The van der Waals surface area contributed by atoms with Crippen LogP contribution in [0.2, 0.25) is 0 Å². The lowest BCUT2D eigenvalue weighted by molar-refractivity contribution is 0.374. The van der Waals surface area contributed by atoms with E-state index in [0.29, 0.717) is 0 Å². The van der Waals surface area contributed by atoms with Gasteiger partial charge in [-0.15, -0.1) is 0 Å². The van der Waals surface area contributed by atoms with E-state index in [1.165, 1.54) is 83.5 Å². The lowest BCUT2D eigenvalue weighted by Gasteiger charge is -2.14. The van der Waals surface area contributed by atoms with Gasteiger partial charge in [0.1, 0.15) is 0 Å². The Labute approximate surface area is 136 Å². The van der Waals surface area contributed by atoms with Crippen LogP contribution in [-0.4, -0.2) is 0 Å². The van der Waals surface area contributed by atoms with Gasteiger partial charge in [0.2, 0.25) is 0 Å². The lowest BCUT2D eigenvalue weighted by atomic mass is 9.92. The molecule has 0 aromatic carbocycles. The maximum absolute atomic E-state index is 2.41. The second kappa shape index (κ2) is 14.9. The zero-order chi connectivity index (χ0) is 15.9. The Morgan fingerprint density at radius 3 is 1.10 bits per heavy atom. The van der Waals surface area contributed by atoms with E-state index in [0.717, 1.165) is 17.8 Å². The van der Waals surface area contributed by atoms with E-state index in [1.807, 2.05) is 0 Å². The third-order valence-electron chi connectivity index (χ3n) is 5.08. The smallest absolute Gasteiger partial charge is 0.0420 e. The molecule has 0 rings (SSSR count). The molecule has 0 spiro atoms. The summed E-state index contributed by atoms with van der Waals surface area (Å²) in [5.74, 6) is 2.68. The van der Waals surface area contributed by atoms with E-state index in [2.05, 4.69) is 34.6 Å². The van der Waals surface area contributed by atoms with Crippen LogP contribution >= 0.6 is 0 Å². The van der Waals surface area contributed by atoms with Crippen molar-refractivity contribution in [1.29, 1.82) is 0 Å². The first-order valence-electron chi connectivity index (χ1n) is 10.0. The summed E-state index contributed by atoms with van der Waals surface area (Å²) < 4.78 is 0. The summed E-state index contributed by atoms with van der Waals surface area (Å²) in [5.41, 5.74) is 0. The lowest BCUT2D eigenvalue weighted by Crippen LogP contribution is -2.03. The van der Waals surface area contributed by atoms with E-state index < -0.39 is 0 Å². The van der Waals surface area contributed by atoms with Crippen LogP contribution in [0.1, 0.15) is 118 Å². The quantitative estimate of drug-likeness (QED) is 0.268. The monoisotopic (exact) mass is 296 g/mol. The van der Waals surface area contributed by atoms with Gasteiger partial charge >= 0.3 is 0 Å². The molecule has 0 heteroatoms. The number of hydrogen-bond acceptors (Lipinski definition) is 0. The van der Waals surface area contributed by atoms with Crippen molar-refractivity contribution in [3.8, 4) is 0 Å². The molecule has 0 aliphatic heterocycles. The molecule has 0 N–H and O–H groups in total. The van der Waals surface area contributed by atoms with E-state index in [9.17, 15) is 0 Å². The molecular formula is C21H44. The van der Waals surface area contributed by atoms with Crippen molar-refractivity contribution in [3.05, 3.63) is 0 Å². The minimum atomic E-state index is 0.866. The number of unbranched alkanes of at least 4 members (excludes halogenated alkanes) is 10. The predicted octanol–water partition coefficient (Wildman–Crippen LogP) is 8.01. The maximum Gasteiger partial charge on any atom is -0.0420 e. The van der Waals surface area contributed by atoms with Crippen LogP contribution in [0, 0.1) is 17.8 Å². The van der Waals surface area contributed by atoms with Crippen molar-refractivity contribution in [1.82, 2.24) is 0 Å². The number of hydrogen-bond donors (Lipinski definition) is 0. The molecule has 128 valence electrons. The van der Waals surface area contributed by atoms with Gasteiger partial charge in [-0.25, -0.2) is 0 Å². The molecule has 0 radical (unpaired) electrons. The zero-order valence-corrected chi connectivity index (χ0v) is 15.9. The van der Waals surface area contributed by atoms with Crippen molar-refractivity contribution in [3.63, 3.8) is 0 Å². The van der Waals surface area contributed by atoms with E-state index >= 15 is 0 Å². The highest BCUT2D eigenvalue weighted by Gasteiger charge is 2.05. The minimum Gasteiger partial charge on any atom is -0.0628 e. The van der Waals surface area contributed by atoms with E-state index in [1.54, 1.807) is 0 Å². The van der Waals surface area contributed by atoms with Gasteiger partial charge in [-0.1, -0.05) is 118 Å². The first-order chi connectivity index (χ1) is 10.0. The van der Waals surface area contributed by atoms with Crippen LogP contribution in [0.5, 0.6) is 0 Å². The highest BCUT2D eigenvalue weighted by molar-refractivity contribution is 4.57.